The van der Waals surface area contributed by atoms with Crippen molar-refractivity contribution in [1.29, 1.82) is 0 Å². The minimum atomic E-state index is 0.729. The van der Waals surface area contributed by atoms with Gasteiger partial charge < -0.3 is 9.30 Å². The van der Waals surface area contributed by atoms with Crippen LogP contribution < -0.4 is 4.74 Å². The van der Waals surface area contributed by atoms with Crippen molar-refractivity contribution in [3.05, 3.63) is 54.5 Å². The molecule has 5 rings (SSSR count). The highest BCUT2D eigenvalue weighted by molar-refractivity contribution is 5.87. The normalized spacial score (nSPS) is 11.5. The second-order valence-corrected chi connectivity index (χ2v) is 7.56. The van der Waals surface area contributed by atoms with Crippen LogP contribution in [0.5, 0.6) is 5.75 Å². The number of imidazole rings is 1. The first-order valence-electron chi connectivity index (χ1n) is 10.3. The average molecular weight is 413 g/mol. The summed E-state index contributed by atoms with van der Waals surface area (Å²) in [5.74, 6) is 1.50. The number of aryl methyl sites for hydroxylation is 3. The van der Waals surface area contributed by atoms with Gasteiger partial charge in [-0.15, -0.1) is 0 Å². The first-order valence-corrected chi connectivity index (χ1v) is 10.3. The third-order valence-corrected chi connectivity index (χ3v) is 5.51. The molecule has 0 fully saturated rings. The van der Waals surface area contributed by atoms with E-state index in [0.717, 1.165) is 69.0 Å². The van der Waals surface area contributed by atoms with Crippen molar-refractivity contribution in [2.75, 3.05) is 7.11 Å². The second-order valence-electron chi connectivity index (χ2n) is 7.56. The van der Waals surface area contributed by atoms with E-state index in [-0.39, 0.29) is 0 Å². The van der Waals surface area contributed by atoms with Gasteiger partial charge >= 0.3 is 0 Å². The predicted octanol–water partition coefficient (Wildman–Crippen LogP) is 4.03. The van der Waals surface area contributed by atoms with Gasteiger partial charge in [0.2, 0.25) is 0 Å². The van der Waals surface area contributed by atoms with Crippen LogP contribution in [0.1, 0.15) is 24.7 Å². The molecule has 5 aromatic heterocycles. The van der Waals surface area contributed by atoms with Crippen molar-refractivity contribution in [1.82, 2.24) is 34.3 Å². The number of nitrogens with zero attached hydrogens (tertiary/aromatic N) is 7. The van der Waals surface area contributed by atoms with E-state index in [1.165, 1.54) is 0 Å². The number of methoxy groups -OCH3 is 1. The molecule has 5 heterocycles. The van der Waals surface area contributed by atoms with Crippen LogP contribution >= 0.6 is 0 Å². The van der Waals surface area contributed by atoms with Crippen LogP contribution in [0.3, 0.4) is 0 Å². The first-order chi connectivity index (χ1) is 15.1. The molecule has 0 amide bonds. The highest BCUT2D eigenvalue weighted by Gasteiger charge is 2.17. The fourth-order valence-electron chi connectivity index (χ4n) is 3.95. The molecule has 0 radical (unpaired) electrons. The van der Waals surface area contributed by atoms with E-state index in [9.17, 15) is 0 Å². The fraction of sp³-hybridized carbons (Fsp3) is 0.261. The molecule has 0 bridgehead atoms. The van der Waals surface area contributed by atoms with Crippen molar-refractivity contribution < 1.29 is 4.74 Å². The summed E-state index contributed by atoms with van der Waals surface area (Å²) >= 11 is 0. The minimum absolute atomic E-state index is 0.729. The SMILES string of the molecule is CCCc1nc(-n2ncc3c(C)nc(-c4cnccc4OC)cc32)cc2c1ncn2C. The summed E-state index contributed by atoms with van der Waals surface area (Å²) in [5, 5.41) is 5.65. The summed E-state index contributed by atoms with van der Waals surface area (Å²) in [6.07, 6.45) is 9.01. The van der Waals surface area contributed by atoms with Crippen LogP contribution in [0.25, 0.3) is 39.0 Å². The molecule has 31 heavy (non-hydrogen) atoms. The maximum absolute atomic E-state index is 5.52. The van der Waals surface area contributed by atoms with E-state index in [1.54, 1.807) is 19.5 Å². The Morgan fingerprint density at radius 1 is 1.10 bits per heavy atom. The summed E-state index contributed by atoms with van der Waals surface area (Å²) in [7, 11) is 3.65. The Morgan fingerprint density at radius 3 is 2.77 bits per heavy atom. The van der Waals surface area contributed by atoms with E-state index < -0.39 is 0 Å². The van der Waals surface area contributed by atoms with Crippen LogP contribution in [0.15, 0.2) is 43.1 Å². The molecule has 0 atom stereocenters. The predicted molar refractivity (Wildman–Crippen MR) is 119 cm³/mol. The van der Waals surface area contributed by atoms with Gasteiger partial charge in [-0.2, -0.15) is 5.10 Å². The largest absolute Gasteiger partial charge is 0.496 e. The third-order valence-electron chi connectivity index (χ3n) is 5.51. The van der Waals surface area contributed by atoms with E-state index in [0.29, 0.717) is 0 Å². The van der Waals surface area contributed by atoms with E-state index in [4.69, 9.17) is 14.7 Å². The Bertz CT molecular complexity index is 1420. The molecular formula is C23H23N7O. The lowest BCUT2D eigenvalue weighted by Crippen LogP contribution is -2.04. The number of pyridine rings is 3. The van der Waals surface area contributed by atoms with Crippen LogP contribution in [0.4, 0.5) is 0 Å². The number of hydrogen-bond acceptors (Lipinski definition) is 6. The molecule has 5 aromatic rings. The maximum Gasteiger partial charge on any atom is 0.156 e. The zero-order valence-corrected chi connectivity index (χ0v) is 18.0. The molecule has 0 unspecified atom stereocenters. The van der Waals surface area contributed by atoms with E-state index in [1.807, 2.05) is 53.9 Å². The van der Waals surface area contributed by atoms with Gasteiger partial charge in [-0.1, -0.05) is 13.3 Å². The van der Waals surface area contributed by atoms with Crippen LogP contribution in [0, 0.1) is 6.92 Å². The number of hydrogen-bond donors (Lipinski definition) is 0. The average Bonchev–Trinajstić information content (AvgIpc) is 3.38. The van der Waals surface area contributed by atoms with Gasteiger partial charge in [0.15, 0.2) is 5.82 Å². The lowest BCUT2D eigenvalue weighted by molar-refractivity contribution is 0.416. The lowest BCUT2D eigenvalue weighted by Gasteiger charge is -2.10. The molecule has 8 nitrogen and oxygen atoms in total. The molecule has 156 valence electrons. The molecular weight excluding hydrogens is 390 g/mol. The topological polar surface area (TPSA) is 83.5 Å². The Balaban J connectivity index is 1.75. The fourth-order valence-corrected chi connectivity index (χ4v) is 3.95. The van der Waals surface area contributed by atoms with Crippen molar-refractivity contribution in [2.45, 2.75) is 26.7 Å². The van der Waals surface area contributed by atoms with Crippen molar-refractivity contribution >= 4 is 21.9 Å². The lowest BCUT2D eigenvalue weighted by atomic mass is 10.1. The molecule has 0 spiro atoms. The zero-order valence-electron chi connectivity index (χ0n) is 18.0. The van der Waals surface area contributed by atoms with Gasteiger partial charge in [-0.05, 0) is 25.5 Å². The van der Waals surface area contributed by atoms with Crippen LogP contribution in [-0.2, 0) is 13.5 Å². The molecule has 0 aliphatic rings. The third kappa shape index (κ3) is 3.11. The first kappa shape index (κ1) is 19.2. The monoisotopic (exact) mass is 413 g/mol. The molecule has 0 saturated heterocycles. The quantitative estimate of drug-likeness (QED) is 0.432. The summed E-state index contributed by atoms with van der Waals surface area (Å²) in [4.78, 5) is 18.5. The Hall–Kier alpha value is -3.81. The van der Waals surface area contributed by atoms with Crippen LogP contribution in [-0.4, -0.2) is 41.4 Å². The highest BCUT2D eigenvalue weighted by Crippen LogP contribution is 2.31. The van der Waals surface area contributed by atoms with Gasteiger partial charge in [-0.3, -0.25) is 9.97 Å². The van der Waals surface area contributed by atoms with Gasteiger partial charge in [0.05, 0.1) is 47.6 Å². The standard InChI is InChI=1S/C23H23N7O/c1-5-6-17-23-20(29(3)13-25-23)10-22(28-17)30-19-9-18(27-14(2)15(19)12-26-30)16-11-24-8-7-21(16)31-4/h7-13H,5-6H2,1-4H3. The van der Waals surface area contributed by atoms with Crippen molar-refractivity contribution in [2.24, 2.45) is 7.05 Å². The smallest absolute Gasteiger partial charge is 0.156 e. The summed E-state index contributed by atoms with van der Waals surface area (Å²) in [6.45, 7) is 4.13. The zero-order chi connectivity index (χ0) is 21.5. The minimum Gasteiger partial charge on any atom is -0.496 e. The van der Waals surface area contributed by atoms with E-state index in [2.05, 4.69) is 22.0 Å². The van der Waals surface area contributed by atoms with Crippen molar-refractivity contribution in [3.63, 3.8) is 0 Å². The Kier molecular flexibility index (Phi) is 4.62. The number of fused-ring (bicyclic) bond motifs is 2. The molecule has 0 aliphatic heterocycles. The van der Waals surface area contributed by atoms with E-state index >= 15 is 0 Å². The Labute approximate surface area is 179 Å². The second kappa shape index (κ2) is 7.46. The van der Waals surface area contributed by atoms with Gasteiger partial charge in [0.1, 0.15) is 11.3 Å². The summed E-state index contributed by atoms with van der Waals surface area (Å²) < 4.78 is 9.41. The maximum atomic E-state index is 5.52. The van der Waals surface area contributed by atoms with Gasteiger partial charge in [0.25, 0.3) is 0 Å². The number of ether oxygens (including phenoxy) is 1. The number of aromatic nitrogens is 7. The molecule has 0 N–H and O–H groups in total. The summed E-state index contributed by atoms with van der Waals surface area (Å²) in [6, 6.07) is 5.89. The Morgan fingerprint density at radius 2 is 1.97 bits per heavy atom. The van der Waals surface area contributed by atoms with Gasteiger partial charge in [-0.25, -0.2) is 14.6 Å². The van der Waals surface area contributed by atoms with Crippen LogP contribution in [0.2, 0.25) is 0 Å². The molecule has 8 heteroatoms. The molecule has 0 saturated carbocycles. The number of rotatable bonds is 5. The molecule has 0 aliphatic carbocycles. The van der Waals surface area contributed by atoms with Gasteiger partial charge in [0, 0.05) is 36.6 Å². The molecule has 0 aromatic carbocycles. The van der Waals surface area contributed by atoms with Crippen molar-refractivity contribution in [3.8, 4) is 22.8 Å². The summed E-state index contributed by atoms with van der Waals surface area (Å²) in [5.41, 5.74) is 6.42. The highest BCUT2D eigenvalue weighted by atomic mass is 16.5.